The highest BCUT2D eigenvalue weighted by atomic mass is 16.5. The van der Waals surface area contributed by atoms with Gasteiger partial charge in [-0.25, -0.2) is 9.89 Å². The van der Waals surface area contributed by atoms with Crippen molar-refractivity contribution in [1.82, 2.24) is 20.1 Å². The third-order valence-electron chi connectivity index (χ3n) is 1.78. The third kappa shape index (κ3) is 3.12. The van der Waals surface area contributed by atoms with E-state index in [2.05, 4.69) is 20.5 Å². The molecule has 0 saturated heterocycles. The summed E-state index contributed by atoms with van der Waals surface area (Å²) in [4.78, 5) is 16.8. The van der Waals surface area contributed by atoms with Gasteiger partial charge in [-0.3, -0.25) is 5.32 Å². The highest BCUT2D eigenvalue weighted by Gasteiger charge is 2.09. The van der Waals surface area contributed by atoms with Crippen molar-refractivity contribution in [2.75, 3.05) is 25.5 Å². The number of aromatic amines is 1. The summed E-state index contributed by atoms with van der Waals surface area (Å²) >= 11 is 0. The molecular formula is C8H15N5O2. The van der Waals surface area contributed by atoms with Crippen LogP contribution in [-0.4, -0.2) is 46.3 Å². The smallest absolute Gasteiger partial charge is 0.337 e. The number of H-pyrrole nitrogens is 1. The lowest BCUT2D eigenvalue weighted by Gasteiger charge is -2.13. The first kappa shape index (κ1) is 11.3. The molecule has 0 aromatic carbocycles. The average Bonchev–Trinajstić information content (AvgIpc) is 2.65. The van der Waals surface area contributed by atoms with E-state index >= 15 is 0 Å². The molecule has 0 aliphatic carbocycles. The Labute approximate surface area is 87.8 Å². The number of hydrogen-bond acceptors (Lipinski definition) is 4. The third-order valence-corrected chi connectivity index (χ3v) is 1.78. The zero-order chi connectivity index (χ0) is 11.3. The summed E-state index contributed by atoms with van der Waals surface area (Å²) in [5.74, 6) is 0.281. The van der Waals surface area contributed by atoms with Gasteiger partial charge < -0.3 is 9.64 Å². The summed E-state index contributed by atoms with van der Waals surface area (Å²) in [6, 6.07) is -0.0105. The molecule has 0 bridgehead atoms. The van der Waals surface area contributed by atoms with E-state index in [1.807, 2.05) is 13.8 Å². The monoisotopic (exact) mass is 213 g/mol. The van der Waals surface area contributed by atoms with Crippen molar-refractivity contribution >= 4 is 12.0 Å². The molecule has 0 spiro atoms. The Morgan fingerprint density at radius 2 is 2.33 bits per heavy atom. The summed E-state index contributed by atoms with van der Waals surface area (Å²) < 4.78 is 5.04. The maximum atomic E-state index is 11.4. The maximum absolute atomic E-state index is 11.4. The minimum atomic E-state index is -0.239. The number of amides is 2. The van der Waals surface area contributed by atoms with Crippen LogP contribution in [0, 0.1) is 0 Å². The van der Waals surface area contributed by atoms with Crippen molar-refractivity contribution in [3.63, 3.8) is 0 Å². The van der Waals surface area contributed by atoms with Gasteiger partial charge in [0.2, 0.25) is 5.95 Å². The largest absolute Gasteiger partial charge is 0.463 e. The van der Waals surface area contributed by atoms with Crippen LogP contribution < -0.4 is 10.1 Å². The van der Waals surface area contributed by atoms with E-state index in [0.717, 1.165) is 0 Å². The molecule has 0 aliphatic heterocycles. The molecule has 1 rings (SSSR count). The highest BCUT2D eigenvalue weighted by Crippen LogP contribution is 2.05. The second-order valence-corrected chi connectivity index (χ2v) is 2.84. The lowest BCUT2D eigenvalue weighted by molar-refractivity contribution is 0.224. The van der Waals surface area contributed by atoms with Crippen molar-refractivity contribution in [3.8, 4) is 6.01 Å². The summed E-state index contributed by atoms with van der Waals surface area (Å²) in [5, 5.41) is 8.86. The summed E-state index contributed by atoms with van der Waals surface area (Å²) in [6.07, 6.45) is 0. The molecule has 1 aromatic rings. The second-order valence-electron chi connectivity index (χ2n) is 2.84. The zero-order valence-electron chi connectivity index (χ0n) is 9.07. The molecule has 0 radical (unpaired) electrons. The maximum Gasteiger partial charge on any atom is 0.337 e. The van der Waals surface area contributed by atoms with Crippen LogP contribution in [0.15, 0.2) is 0 Å². The fourth-order valence-corrected chi connectivity index (χ4v) is 0.836. The average molecular weight is 213 g/mol. The van der Waals surface area contributed by atoms with Crippen molar-refractivity contribution in [2.45, 2.75) is 13.8 Å². The van der Waals surface area contributed by atoms with Crippen LogP contribution >= 0.6 is 0 Å². The molecule has 7 heteroatoms. The second kappa shape index (κ2) is 5.18. The number of anilines is 1. The van der Waals surface area contributed by atoms with E-state index < -0.39 is 0 Å². The van der Waals surface area contributed by atoms with Gasteiger partial charge in [-0.1, -0.05) is 0 Å². The van der Waals surface area contributed by atoms with Gasteiger partial charge in [0, 0.05) is 13.6 Å². The number of urea groups is 1. The molecule has 0 unspecified atom stereocenters. The van der Waals surface area contributed by atoms with Gasteiger partial charge in [0.1, 0.15) is 0 Å². The molecular weight excluding hydrogens is 198 g/mol. The van der Waals surface area contributed by atoms with Gasteiger partial charge in [0.25, 0.3) is 0 Å². The minimum Gasteiger partial charge on any atom is -0.463 e. The molecule has 2 amide bonds. The topological polar surface area (TPSA) is 83.1 Å². The van der Waals surface area contributed by atoms with Gasteiger partial charge in [-0.05, 0) is 13.8 Å². The number of nitrogens with one attached hydrogen (secondary N) is 2. The summed E-state index contributed by atoms with van der Waals surface area (Å²) in [6.45, 7) is 4.82. The van der Waals surface area contributed by atoms with Crippen LogP contribution in [0.2, 0.25) is 0 Å². The molecule has 2 N–H and O–H groups in total. The molecule has 1 aromatic heterocycles. The molecule has 7 nitrogen and oxygen atoms in total. The number of ether oxygens (including phenoxy) is 1. The van der Waals surface area contributed by atoms with E-state index in [0.29, 0.717) is 13.2 Å². The van der Waals surface area contributed by atoms with E-state index in [9.17, 15) is 4.79 Å². The Hall–Kier alpha value is -1.79. The Morgan fingerprint density at radius 3 is 2.93 bits per heavy atom. The van der Waals surface area contributed by atoms with E-state index in [1.165, 1.54) is 4.90 Å². The van der Waals surface area contributed by atoms with Gasteiger partial charge in [0.15, 0.2) is 0 Å². The van der Waals surface area contributed by atoms with Crippen LogP contribution in [0.1, 0.15) is 13.8 Å². The number of aromatic nitrogens is 3. The van der Waals surface area contributed by atoms with Crippen LogP contribution in [0.25, 0.3) is 0 Å². The van der Waals surface area contributed by atoms with Crippen LogP contribution in [0.5, 0.6) is 6.01 Å². The Bertz CT molecular complexity index is 325. The van der Waals surface area contributed by atoms with Gasteiger partial charge in [-0.2, -0.15) is 4.98 Å². The van der Waals surface area contributed by atoms with Crippen LogP contribution in [0.3, 0.4) is 0 Å². The quantitative estimate of drug-likeness (QED) is 0.770. The predicted molar refractivity (Wildman–Crippen MR) is 54.9 cm³/mol. The van der Waals surface area contributed by atoms with Crippen molar-refractivity contribution < 1.29 is 9.53 Å². The van der Waals surface area contributed by atoms with E-state index in [-0.39, 0.29) is 18.0 Å². The van der Waals surface area contributed by atoms with E-state index in [4.69, 9.17) is 4.74 Å². The van der Waals surface area contributed by atoms with Crippen LogP contribution in [-0.2, 0) is 0 Å². The molecule has 1 heterocycles. The molecule has 15 heavy (non-hydrogen) atoms. The van der Waals surface area contributed by atoms with Crippen molar-refractivity contribution in [3.05, 3.63) is 0 Å². The molecule has 0 saturated carbocycles. The summed E-state index contributed by atoms with van der Waals surface area (Å²) in [5.41, 5.74) is 0. The molecule has 0 aliphatic rings. The highest BCUT2D eigenvalue weighted by molar-refractivity contribution is 5.87. The Kier molecular flexibility index (Phi) is 3.90. The fourth-order valence-electron chi connectivity index (χ4n) is 0.836. The van der Waals surface area contributed by atoms with Gasteiger partial charge >= 0.3 is 12.0 Å². The lowest BCUT2D eigenvalue weighted by atomic mass is 10.6. The number of carbonyl (C=O) groups excluding carboxylic acids is 1. The number of hydrogen-bond donors (Lipinski definition) is 2. The Balaban J connectivity index is 2.53. The van der Waals surface area contributed by atoms with Crippen molar-refractivity contribution in [2.24, 2.45) is 0 Å². The first-order valence-corrected chi connectivity index (χ1v) is 4.74. The number of nitrogens with zero attached hydrogens (tertiary/aromatic N) is 3. The van der Waals surface area contributed by atoms with Crippen LogP contribution in [0.4, 0.5) is 10.7 Å². The first-order chi connectivity index (χ1) is 7.17. The van der Waals surface area contributed by atoms with E-state index in [1.54, 1.807) is 7.05 Å². The minimum absolute atomic E-state index is 0.229. The van der Waals surface area contributed by atoms with Crippen molar-refractivity contribution in [1.29, 1.82) is 0 Å². The Morgan fingerprint density at radius 1 is 1.60 bits per heavy atom. The number of carbonyl (C=O) groups is 1. The standard InChI is InChI=1S/C8H15N5O2/c1-4-13(3)8(14)10-6-9-7(12-11-6)15-5-2/h4-5H2,1-3H3,(H2,9,10,11,12,14). The number of rotatable bonds is 4. The molecule has 0 atom stereocenters. The molecule has 84 valence electrons. The van der Waals surface area contributed by atoms with Gasteiger partial charge in [-0.15, -0.1) is 5.10 Å². The SMILES string of the molecule is CCOc1n[nH]c(NC(=O)N(C)CC)n1. The predicted octanol–water partition coefficient (Wildman–Crippen LogP) is 0.687. The zero-order valence-corrected chi connectivity index (χ0v) is 9.07. The first-order valence-electron chi connectivity index (χ1n) is 4.74. The summed E-state index contributed by atoms with van der Waals surface area (Å²) in [7, 11) is 1.69. The molecule has 0 fully saturated rings. The van der Waals surface area contributed by atoms with Gasteiger partial charge in [0.05, 0.1) is 6.61 Å². The fraction of sp³-hybridized carbons (Fsp3) is 0.625. The lowest BCUT2D eigenvalue weighted by Crippen LogP contribution is -2.31. The normalized spacial score (nSPS) is 9.80.